The van der Waals surface area contributed by atoms with Gasteiger partial charge in [0.05, 0.1) is 6.61 Å². The van der Waals surface area contributed by atoms with Gasteiger partial charge in [-0.1, -0.05) is 6.92 Å². The van der Waals surface area contributed by atoms with Gasteiger partial charge in [0.1, 0.15) is 0 Å². The van der Waals surface area contributed by atoms with Crippen molar-refractivity contribution in [3.05, 3.63) is 0 Å². The molecule has 3 heteroatoms. The minimum absolute atomic E-state index is 0.547. The zero-order chi connectivity index (χ0) is 11.4. The van der Waals surface area contributed by atoms with Crippen LogP contribution in [0.5, 0.6) is 0 Å². The Hall–Kier alpha value is -0.120. The van der Waals surface area contributed by atoms with Crippen molar-refractivity contribution in [2.75, 3.05) is 32.8 Å². The fourth-order valence-corrected chi connectivity index (χ4v) is 2.84. The third-order valence-electron chi connectivity index (χ3n) is 4.05. The van der Waals surface area contributed by atoms with Crippen molar-refractivity contribution in [1.82, 2.24) is 4.90 Å². The van der Waals surface area contributed by atoms with E-state index in [9.17, 15) is 0 Å². The summed E-state index contributed by atoms with van der Waals surface area (Å²) in [7, 11) is 0. The van der Waals surface area contributed by atoms with Gasteiger partial charge in [-0.2, -0.15) is 0 Å². The van der Waals surface area contributed by atoms with Crippen molar-refractivity contribution >= 4 is 0 Å². The molecule has 2 atom stereocenters. The molecule has 1 aliphatic heterocycles. The minimum Gasteiger partial charge on any atom is -0.381 e. The molecule has 0 radical (unpaired) electrons. The Balaban J connectivity index is 1.88. The van der Waals surface area contributed by atoms with Crippen LogP contribution in [-0.4, -0.2) is 43.8 Å². The quantitative estimate of drug-likeness (QED) is 0.745. The lowest BCUT2D eigenvalue weighted by molar-refractivity contribution is 0.0112. The lowest BCUT2D eigenvalue weighted by Gasteiger charge is -2.37. The summed E-state index contributed by atoms with van der Waals surface area (Å²) >= 11 is 0. The summed E-state index contributed by atoms with van der Waals surface area (Å²) < 4.78 is 5.60. The fourth-order valence-electron chi connectivity index (χ4n) is 2.84. The maximum atomic E-state index is 5.98. The van der Waals surface area contributed by atoms with Crippen molar-refractivity contribution in [3.8, 4) is 0 Å². The van der Waals surface area contributed by atoms with Crippen LogP contribution in [0.4, 0.5) is 0 Å². The molecule has 0 bridgehead atoms. The highest BCUT2D eigenvalue weighted by atomic mass is 16.5. The summed E-state index contributed by atoms with van der Waals surface area (Å²) in [6.45, 7) is 7.30. The Kier molecular flexibility index (Phi) is 4.62. The summed E-state index contributed by atoms with van der Waals surface area (Å²) in [5.74, 6) is 1.62. The van der Waals surface area contributed by atoms with Crippen LogP contribution in [0, 0.1) is 11.8 Å². The number of nitrogens with two attached hydrogens (primary N) is 1. The third-order valence-corrected chi connectivity index (χ3v) is 4.05. The molecule has 1 aliphatic carbocycles. The molecule has 2 N–H and O–H groups in total. The Bertz CT molecular complexity index is 200. The number of ether oxygens (including phenoxy) is 1. The monoisotopic (exact) mass is 226 g/mol. The molecule has 1 saturated carbocycles. The first-order valence-corrected chi connectivity index (χ1v) is 6.87. The van der Waals surface area contributed by atoms with E-state index in [0.717, 1.165) is 32.2 Å². The lowest BCUT2D eigenvalue weighted by Crippen LogP contribution is -2.48. The molecular formula is C13H26N2O. The minimum atomic E-state index is 0.547. The third kappa shape index (κ3) is 3.19. The van der Waals surface area contributed by atoms with Crippen molar-refractivity contribution in [2.24, 2.45) is 17.6 Å². The second-order valence-electron chi connectivity index (χ2n) is 5.31. The smallest absolute Gasteiger partial charge is 0.0509 e. The van der Waals surface area contributed by atoms with Gasteiger partial charge in [-0.15, -0.1) is 0 Å². The molecule has 0 aromatic rings. The number of hydrogen-bond donors (Lipinski definition) is 1. The molecule has 0 aromatic heterocycles. The maximum Gasteiger partial charge on any atom is 0.0509 e. The molecule has 0 amide bonds. The highest BCUT2D eigenvalue weighted by Crippen LogP contribution is 2.31. The predicted molar refractivity (Wildman–Crippen MR) is 66.4 cm³/mol. The van der Waals surface area contributed by atoms with Gasteiger partial charge in [0.25, 0.3) is 0 Å². The first kappa shape index (κ1) is 12.3. The van der Waals surface area contributed by atoms with Gasteiger partial charge >= 0.3 is 0 Å². The van der Waals surface area contributed by atoms with Gasteiger partial charge in [-0.25, -0.2) is 0 Å². The molecule has 2 fully saturated rings. The van der Waals surface area contributed by atoms with Gasteiger partial charge < -0.3 is 10.5 Å². The summed E-state index contributed by atoms with van der Waals surface area (Å²) in [5, 5.41) is 0. The summed E-state index contributed by atoms with van der Waals surface area (Å²) in [5.41, 5.74) is 5.98. The first-order valence-electron chi connectivity index (χ1n) is 6.87. The Morgan fingerprint density at radius 1 is 1.38 bits per heavy atom. The summed E-state index contributed by atoms with van der Waals surface area (Å²) in [6, 6.07) is 0.547. The van der Waals surface area contributed by atoms with E-state index < -0.39 is 0 Å². The number of likely N-dealkylation sites (N-methyl/N-ethyl adjacent to an activating group) is 1. The Labute approximate surface area is 99.3 Å². The molecule has 2 rings (SSSR count). The van der Waals surface area contributed by atoms with E-state index in [1.165, 1.54) is 32.2 Å². The van der Waals surface area contributed by atoms with Crippen molar-refractivity contribution in [1.29, 1.82) is 0 Å². The zero-order valence-electron chi connectivity index (χ0n) is 10.5. The fraction of sp³-hybridized carbons (Fsp3) is 1.00. The predicted octanol–water partition coefficient (Wildman–Crippen LogP) is 1.47. The highest BCUT2D eigenvalue weighted by Gasteiger charge is 2.31. The molecule has 94 valence electrons. The Morgan fingerprint density at radius 2 is 2.19 bits per heavy atom. The molecule has 1 saturated heterocycles. The van der Waals surface area contributed by atoms with E-state index in [1.54, 1.807) is 0 Å². The lowest BCUT2D eigenvalue weighted by atomic mass is 9.92. The second-order valence-corrected chi connectivity index (χ2v) is 5.31. The van der Waals surface area contributed by atoms with Gasteiger partial charge in [-0.3, -0.25) is 4.90 Å². The van der Waals surface area contributed by atoms with Crippen molar-refractivity contribution in [2.45, 2.75) is 38.6 Å². The largest absolute Gasteiger partial charge is 0.381 e. The van der Waals surface area contributed by atoms with Crippen LogP contribution in [0.15, 0.2) is 0 Å². The average molecular weight is 226 g/mol. The molecule has 2 aliphatic rings. The zero-order valence-corrected chi connectivity index (χ0v) is 10.5. The molecule has 3 nitrogen and oxygen atoms in total. The van der Waals surface area contributed by atoms with Crippen LogP contribution in [0.25, 0.3) is 0 Å². The van der Waals surface area contributed by atoms with E-state index in [0.29, 0.717) is 12.0 Å². The van der Waals surface area contributed by atoms with Gasteiger partial charge in [0.15, 0.2) is 0 Å². The normalized spacial score (nSPS) is 28.3. The second kappa shape index (κ2) is 5.99. The average Bonchev–Trinajstić information content (AvgIpc) is 3.14. The van der Waals surface area contributed by atoms with Crippen molar-refractivity contribution in [3.63, 3.8) is 0 Å². The topological polar surface area (TPSA) is 38.5 Å². The molecule has 2 unspecified atom stereocenters. The van der Waals surface area contributed by atoms with E-state index in [2.05, 4.69) is 11.8 Å². The molecular weight excluding hydrogens is 200 g/mol. The molecule has 0 aromatic carbocycles. The molecule has 1 heterocycles. The molecule has 0 spiro atoms. The van der Waals surface area contributed by atoms with Gasteiger partial charge in [0, 0.05) is 25.7 Å². The van der Waals surface area contributed by atoms with Crippen molar-refractivity contribution < 1.29 is 4.74 Å². The SMILES string of the molecule is CCN(CC1CC1)C(CN)C1CCCOC1. The van der Waals surface area contributed by atoms with E-state index >= 15 is 0 Å². The Morgan fingerprint density at radius 3 is 2.69 bits per heavy atom. The summed E-state index contributed by atoms with van der Waals surface area (Å²) in [4.78, 5) is 2.59. The number of rotatable bonds is 6. The van der Waals surface area contributed by atoms with E-state index in [1.807, 2.05) is 0 Å². The van der Waals surface area contributed by atoms with Crippen LogP contribution < -0.4 is 5.73 Å². The van der Waals surface area contributed by atoms with Gasteiger partial charge in [-0.05, 0) is 44.1 Å². The summed E-state index contributed by atoms with van der Waals surface area (Å²) in [6.07, 6.45) is 5.36. The maximum absolute atomic E-state index is 5.98. The van der Waals surface area contributed by atoms with Crippen LogP contribution in [-0.2, 0) is 4.74 Å². The van der Waals surface area contributed by atoms with Crippen LogP contribution in [0.3, 0.4) is 0 Å². The highest BCUT2D eigenvalue weighted by molar-refractivity contribution is 4.85. The van der Waals surface area contributed by atoms with Crippen LogP contribution in [0.1, 0.15) is 32.6 Å². The van der Waals surface area contributed by atoms with Gasteiger partial charge in [0.2, 0.25) is 0 Å². The number of nitrogens with zero attached hydrogens (tertiary/aromatic N) is 1. The van der Waals surface area contributed by atoms with Crippen LogP contribution >= 0.6 is 0 Å². The molecule has 16 heavy (non-hydrogen) atoms. The number of hydrogen-bond acceptors (Lipinski definition) is 3. The first-order chi connectivity index (χ1) is 7.85. The standard InChI is InChI=1S/C13H26N2O/c1-2-15(9-11-5-6-11)13(8-14)12-4-3-7-16-10-12/h11-13H,2-10,14H2,1H3. The van der Waals surface area contributed by atoms with E-state index in [-0.39, 0.29) is 0 Å². The van der Waals surface area contributed by atoms with Crippen LogP contribution in [0.2, 0.25) is 0 Å². The van der Waals surface area contributed by atoms with E-state index in [4.69, 9.17) is 10.5 Å².